The van der Waals surface area contributed by atoms with Crippen molar-refractivity contribution in [3.63, 3.8) is 0 Å². The molecule has 0 aliphatic rings. The molecule has 3 N–H and O–H groups in total. The first-order valence-electron chi connectivity index (χ1n) is 10.2. The summed E-state index contributed by atoms with van der Waals surface area (Å²) in [6.07, 6.45) is 6.49. The number of aliphatic imine (C=N–C) groups is 1. The van der Waals surface area contributed by atoms with Gasteiger partial charge in [-0.3, -0.25) is 20.1 Å². The number of imidazole rings is 1. The standard InChI is InChI=1S/C24H19Cl3N6O.ClH/c25-16-1-4-18(5-2-16)32-24(33-23(34)15-7-9-28-10-8-15)31-14-20(22-29-11-12-30-22)19-6-3-17(26)13-21(19)27;/h1-13,20H,14H2,(H,29,30)(H2,31,32,33,34);1H. The van der Waals surface area contributed by atoms with Crippen LogP contribution in [0.4, 0.5) is 5.69 Å². The summed E-state index contributed by atoms with van der Waals surface area (Å²) < 4.78 is 0. The predicted octanol–water partition coefficient (Wildman–Crippen LogP) is 6.22. The lowest BCUT2D eigenvalue weighted by Crippen LogP contribution is -2.36. The number of nitrogens with zero attached hydrogens (tertiary/aromatic N) is 3. The quantitative estimate of drug-likeness (QED) is 0.196. The molecule has 0 bridgehead atoms. The smallest absolute Gasteiger partial charge is 0.258 e. The molecule has 2 aromatic carbocycles. The molecular weight excluding hydrogens is 530 g/mol. The van der Waals surface area contributed by atoms with Crippen LogP contribution < -0.4 is 10.6 Å². The molecule has 11 heteroatoms. The van der Waals surface area contributed by atoms with E-state index in [1.165, 1.54) is 0 Å². The van der Waals surface area contributed by atoms with Crippen molar-refractivity contribution in [2.45, 2.75) is 5.92 Å². The molecule has 0 aliphatic heterocycles. The number of guanidine groups is 1. The number of aromatic nitrogens is 3. The minimum absolute atomic E-state index is 0. The van der Waals surface area contributed by atoms with Crippen molar-refractivity contribution in [2.24, 2.45) is 4.99 Å². The zero-order valence-electron chi connectivity index (χ0n) is 18.1. The lowest BCUT2D eigenvalue weighted by atomic mass is 9.98. The lowest BCUT2D eigenvalue weighted by Gasteiger charge is -2.17. The van der Waals surface area contributed by atoms with Gasteiger partial charge in [0.15, 0.2) is 0 Å². The Morgan fingerprint density at radius 2 is 1.69 bits per heavy atom. The minimum Gasteiger partial charge on any atom is -0.348 e. The fourth-order valence-corrected chi connectivity index (χ4v) is 3.90. The Hall–Kier alpha value is -3.10. The second-order valence-corrected chi connectivity index (χ2v) is 8.48. The van der Waals surface area contributed by atoms with Crippen molar-refractivity contribution in [3.8, 4) is 0 Å². The SMILES string of the molecule is Cl.O=C(NC(=NCC(c1ncc[nH]1)c1ccc(Cl)cc1Cl)Nc1ccc(Cl)cc1)c1ccncc1. The van der Waals surface area contributed by atoms with E-state index in [0.29, 0.717) is 32.1 Å². The van der Waals surface area contributed by atoms with Crippen LogP contribution in [0.25, 0.3) is 0 Å². The Bertz CT molecular complexity index is 1280. The highest BCUT2D eigenvalue weighted by atomic mass is 35.5. The van der Waals surface area contributed by atoms with Gasteiger partial charge in [-0.25, -0.2) is 4.98 Å². The molecule has 0 fully saturated rings. The summed E-state index contributed by atoms with van der Waals surface area (Å²) in [5.41, 5.74) is 1.96. The van der Waals surface area contributed by atoms with E-state index in [4.69, 9.17) is 34.8 Å². The number of nitrogens with one attached hydrogen (secondary N) is 3. The molecule has 4 rings (SSSR count). The molecule has 2 heterocycles. The van der Waals surface area contributed by atoms with Crippen molar-refractivity contribution in [3.05, 3.63) is 111 Å². The Morgan fingerprint density at radius 3 is 2.34 bits per heavy atom. The van der Waals surface area contributed by atoms with E-state index < -0.39 is 0 Å². The maximum atomic E-state index is 12.8. The van der Waals surface area contributed by atoms with Crippen molar-refractivity contribution < 1.29 is 4.79 Å². The van der Waals surface area contributed by atoms with Gasteiger partial charge in [0.25, 0.3) is 5.91 Å². The van der Waals surface area contributed by atoms with Crippen LogP contribution in [0.1, 0.15) is 27.7 Å². The Balaban J connectivity index is 0.00000342. The summed E-state index contributed by atoms with van der Waals surface area (Å²) in [7, 11) is 0. The minimum atomic E-state index is -0.332. The third-order valence-corrected chi connectivity index (χ3v) is 5.72. The zero-order chi connectivity index (χ0) is 23.9. The molecule has 180 valence electrons. The van der Waals surface area contributed by atoms with Gasteiger partial charge in [-0.1, -0.05) is 40.9 Å². The Kier molecular flexibility index (Phi) is 9.51. The summed E-state index contributed by atoms with van der Waals surface area (Å²) in [6, 6.07) is 15.6. The van der Waals surface area contributed by atoms with Gasteiger partial charge in [0, 0.05) is 51.1 Å². The number of hydrogen-bond donors (Lipinski definition) is 3. The number of benzene rings is 2. The van der Waals surface area contributed by atoms with Crippen LogP contribution in [0.5, 0.6) is 0 Å². The normalized spacial score (nSPS) is 11.9. The summed E-state index contributed by atoms with van der Waals surface area (Å²) in [4.78, 5) is 28.9. The Morgan fingerprint density at radius 1 is 0.971 bits per heavy atom. The zero-order valence-corrected chi connectivity index (χ0v) is 21.2. The van der Waals surface area contributed by atoms with Crippen molar-refractivity contribution in [2.75, 3.05) is 11.9 Å². The number of carbonyl (C=O) groups is 1. The number of anilines is 1. The van der Waals surface area contributed by atoms with Crippen LogP contribution >= 0.6 is 47.2 Å². The number of halogens is 4. The molecule has 0 radical (unpaired) electrons. The highest BCUT2D eigenvalue weighted by Gasteiger charge is 2.20. The molecule has 35 heavy (non-hydrogen) atoms. The monoisotopic (exact) mass is 548 g/mol. The van der Waals surface area contributed by atoms with Crippen LogP contribution in [-0.2, 0) is 0 Å². The first kappa shape index (κ1) is 26.5. The van der Waals surface area contributed by atoms with Gasteiger partial charge >= 0.3 is 0 Å². The average molecular weight is 550 g/mol. The van der Waals surface area contributed by atoms with E-state index >= 15 is 0 Å². The van der Waals surface area contributed by atoms with E-state index in [1.54, 1.807) is 73.3 Å². The van der Waals surface area contributed by atoms with Gasteiger partial charge in [0.05, 0.1) is 12.5 Å². The molecule has 1 amide bonds. The van der Waals surface area contributed by atoms with Gasteiger partial charge in [0.1, 0.15) is 5.82 Å². The number of rotatable bonds is 6. The van der Waals surface area contributed by atoms with Gasteiger partial charge in [0.2, 0.25) is 5.96 Å². The topological polar surface area (TPSA) is 95.1 Å². The van der Waals surface area contributed by atoms with Crippen LogP contribution in [0, 0.1) is 0 Å². The van der Waals surface area contributed by atoms with E-state index in [1.807, 2.05) is 6.07 Å². The van der Waals surface area contributed by atoms with E-state index in [-0.39, 0.29) is 36.7 Å². The molecule has 2 aromatic heterocycles. The van der Waals surface area contributed by atoms with Gasteiger partial charge in [-0.15, -0.1) is 12.4 Å². The molecule has 1 unspecified atom stereocenters. The lowest BCUT2D eigenvalue weighted by molar-refractivity contribution is 0.0977. The molecular formula is C24H20Cl4N6O. The van der Waals surface area contributed by atoms with E-state index in [9.17, 15) is 4.79 Å². The van der Waals surface area contributed by atoms with Crippen LogP contribution in [-0.4, -0.2) is 33.4 Å². The van der Waals surface area contributed by atoms with Gasteiger partial charge in [-0.2, -0.15) is 0 Å². The van der Waals surface area contributed by atoms with E-state index in [0.717, 1.165) is 5.56 Å². The highest BCUT2D eigenvalue weighted by Crippen LogP contribution is 2.31. The fraction of sp³-hybridized carbons (Fsp3) is 0.0833. The molecule has 4 aromatic rings. The predicted molar refractivity (Wildman–Crippen MR) is 143 cm³/mol. The number of carbonyl (C=O) groups excluding carboxylic acids is 1. The molecule has 0 saturated heterocycles. The average Bonchev–Trinajstić information content (AvgIpc) is 3.37. The number of hydrogen-bond acceptors (Lipinski definition) is 4. The van der Waals surface area contributed by atoms with Crippen molar-refractivity contribution in [1.82, 2.24) is 20.3 Å². The van der Waals surface area contributed by atoms with Gasteiger partial charge in [-0.05, 0) is 54.1 Å². The third-order valence-electron chi connectivity index (χ3n) is 4.90. The van der Waals surface area contributed by atoms with Gasteiger partial charge < -0.3 is 10.3 Å². The van der Waals surface area contributed by atoms with Crippen molar-refractivity contribution in [1.29, 1.82) is 0 Å². The maximum Gasteiger partial charge on any atom is 0.258 e. The van der Waals surface area contributed by atoms with Crippen LogP contribution in [0.15, 0.2) is 84.4 Å². The Labute approximate surface area is 223 Å². The van der Waals surface area contributed by atoms with Crippen LogP contribution in [0.3, 0.4) is 0 Å². The molecule has 7 nitrogen and oxygen atoms in total. The summed E-state index contributed by atoms with van der Waals surface area (Å²) in [5.74, 6) is 0.298. The number of amides is 1. The molecule has 0 spiro atoms. The largest absolute Gasteiger partial charge is 0.348 e. The summed E-state index contributed by atoms with van der Waals surface area (Å²) >= 11 is 18.6. The highest BCUT2D eigenvalue weighted by molar-refractivity contribution is 6.35. The molecule has 0 aliphatic carbocycles. The first-order chi connectivity index (χ1) is 16.5. The second-order valence-electron chi connectivity index (χ2n) is 7.20. The first-order valence-corrected chi connectivity index (χ1v) is 11.4. The maximum absolute atomic E-state index is 12.8. The number of pyridine rings is 1. The molecule has 1 atom stereocenters. The molecule has 0 saturated carbocycles. The van der Waals surface area contributed by atoms with Crippen LogP contribution in [0.2, 0.25) is 15.1 Å². The number of H-pyrrole nitrogens is 1. The summed E-state index contributed by atoms with van der Waals surface area (Å²) in [6.45, 7) is 0.238. The second kappa shape index (κ2) is 12.6. The number of aromatic amines is 1. The third kappa shape index (κ3) is 7.19. The van der Waals surface area contributed by atoms with Crippen molar-refractivity contribution >= 4 is 64.8 Å². The fourth-order valence-electron chi connectivity index (χ4n) is 3.23. The van der Waals surface area contributed by atoms with E-state index in [2.05, 4.69) is 30.6 Å². The summed E-state index contributed by atoms with van der Waals surface area (Å²) in [5, 5.41) is 7.60.